The number of pyridine rings is 2. The summed E-state index contributed by atoms with van der Waals surface area (Å²) in [4.78, 5) is 30.1. The summed E-state index contributed by atoms with van der Waals surface area (Å²) >= 11 is 1.76. The van der Waals surface area contributed by atoms with Crippen LogP contribution in [0.2, 0.25) is 0 Å². The van der Waals surface area contributed by atoms with E-state index >= 15 is 0 Å². The van der Waals surface area contributed by atoms with Gasteiger partial charge in [0.1, 0.15) is 12.1 Å². The van der Waals surface area contributed by atoms with Gasteiger partial charge >= 0.3 is 0 Å². The van der Waals surface area contributed by atoms with Crippen LogP contribution >= 0.6 is 11.8 Å². The lowest BCUT2D eigenvalue weighted by atomic mass is 9.95. The third-order valence-electron chi connectivity index (χ3n) is 6.02. The third-order valence-corrected chi connectivity index (χ3v) is 6.75. The molecule has 9 heteroatoms. The Morgan fingerprint density at radius 3 is 2.72 bits per heavy atom. The molecule has 36 heavy (non-hydrogen) atoms. The van der Waals surface area contributed by atoms with Crippen LogP contribution in [-0.4, -0.2) is 56.6 Å². The fourth-order valence-electron chi connectivity index (χ4n) is 4.08. The Bertz CT molecular complexity index is 1370. The van der Waals surface area contributed by atoms with Gasteiger partial charge in [0, 0.05) is 66.4 Å². The molecule has 1 atom stereocenters. The van der Waals surface area contributed by atoms with Gasteiger partial charge in [0.05, 0.1) is 22.4 Å². The van der Waals surface area contributed by atoms with Crippen molar-refractivity contribution in [1.29, 1.82) is 0 Å². The minimum Gasteiger partial charge on any atom is -0.386 e. The van der Waals surface area contributed by atoms with E-state index in [1.807, 2.05) is 24.3 Å². The van der Waals surface area contributed by atoms with E-state index in [0.29, 0.717) is 23.5 Å². The molecule has 1 unspecified atom stereocenters. The number of para-hydroxylation sites is 1. The van der Waals surface area contributed by atoms with Crippen LogP contribution in [0.15, 0.2) is 61.3 Å². The Hall–Kier alpha value is -3.56. The van der Waals surface area contributed by atoms with E-state index in [9.17, 15) is 9.90 Å². The number of benzene rings is 1. The number of rotatable bonds is 9. The van der Waals surface area contributed by atoms with Gasteiger partial charge in [-0.3, -0.25) is 14.8 Å². The zero-order valence-corrected chi connectivity index (χ0v) is 21.6. The van der Waals surface area contributed by atoms with Crippen LogP contribution in [0, 0.1) is 0 Å². The Morgan fingerprint density at radius 2 is 1.97 bits per heavy atom. The Morgan fingerprint density at radius 1 is 1.14 bits per heavy atom. The number of fused-ring (bicyclic) bond motifs is 1. The molecule has 0 spiro atoms. The lowest BCUT2D eigenvalue weighted by Crippen LogP contribution is -2.19. The second-order valence-corrected chi connectivity index (χ2v) is 9.93. The molecule has 0 bridgehead atoms. The third kappa shape index (κ3) is 5.63. The molecular formula is C27H30N6O2S. The summed E-state index contributed by atoms with van der Waals surface area (Å²) in [5.74, 6) is 1.57. The fraction of sp³-hybridized carbons (Fsp3) is 0.296. The number of thioether (sulfide) groups is 1. The van der Waals surface area contributed by atoms with Crippen LogP contribution in [-0.2, 0) is 5.60 Å². The molecule has 0 aliphatic rings. The van der Waals surface area contributed by atoms with E-state index in [4.69, 9.17) is 0 Å². The number of anilines is 1. The van der Waals surface area contributed by atoms with Crippen LogP contribution in [0.3, 0.4) is 0 Å². The average Bonchev–Trinajstić information content (AvgIpc) is 2.89. The summed E-state index contributed by atoms with van der Waals surface area (Å²) in [5, 5.41) is 17.3. The largest absolute Gasteiger partial charge is 0.386 e. The van der Waals surface area contributed by atoms with Crippen molar-refractivity contribution in [3.05, 3.63) is 78.0 Å². The highest BCUT2D eigenvalue weighted by molar-refractivity contribution is 7.98. The molecule has 0 saturated carbocycles. The van der Waals surface area contributed by atoms with Crippen molar-refractivity contribution in [3.8, 4) is 11.3 Å². The van der Waals surface area contributed by atoms with Crippen LogP contribution in [0.1, 0.15) is 41.3 Å². The first-order valence-electron chi connectivity index (χ1n) is 11.6. The molecule has 4 aromatic rings. The van der Waals surface area contributed by atoms with Crippen molar-refractivity contribution < 1.29 is 9.90 Å². The molecule has 3 aromatic heterocycles. The standard InChI is InChI=1S/C27H30N6O2S/c1-27(2,35)19-10-17(12-29-14-19)23-11-24(33-16-32-23)31-13-18(15-36-4)20-6-5-7-21-22(26(34)28-3)8-9-30-25(20)21/h5-12,14,16,18,35H,13,15H2,1-4H3,(H,28,34)(H,31,32,33). The molecule has 186 valence electrons. The van der Waals surface area contributed by atoms with Crippen molar-refractivity contribution in [2.24, 2.45) is 0 Å². The number of hydrogen-bond acceptors (Lipinski definition) is 8. The number of aliphatic hydroxyl groups is 1. The number of nitrogens with one attached hydrogen (secondary N) is 2. The molecule has 0 aliphatic carbocycles. The first-order valence-corrected chi connectivity index (χ1v) is 13.0. The van der Waals surface area contributed by atoms with Gasteiger partial charge in [0.25, 0.3) is 5.91 Å². The zero-order valence-electron chi connectivity index (χ0n) is 20.8. The summed E-state index contributed by atoms with van der Waals surface area (Å²) in [6.45, 7) is 4.09. The highest BCUT2D eigenvalue weighted by Crippen LogP contribution is 2.29. The number of hydrogen-bond donors (Lipinski definition) is 3. The van der Waals surface area contributed by atoms with Crippen LogP contribution < -0.4 is 10.6 Å². The maximum Gasteiger partial charge on any atom is 0.251 e. The number of carbonyl (C=O) groups excluding carboxylic acids is 1. The van der Waals surface area contributed by atoms with Crippen LogP contribution in [0.4, 0.5) is 5.82 Å². The molecule has 0 fully saturated rings. The van der Waals surface area contributed by atoms with Crippen molar-refractivity contribution in [3.63, 3.8) is 0 Å². The summed E-state index contributed by atoms with van der Waals surface area (Å²) in [6, 6.07) is 11.5. The number of nitrogens with zero attached hydrogens (tertiary/aromatic N) is 4. The number of carbonyl (C=O) groups is 1. The monoisotopic (exact) mass is 502 g/mol. The normalized spacial score (nSPS) is 12.4. The van der Waals surface area contributed by atoms with Gasteiger partial charge in [-0.05, 0) is 37.8 Å². The molecular weight excluding hydrogens is 472 g/mol. The average molecular weight is 503 g/mol. The molecule has 1 amide bonds. The van der Waals surface area contributed by atoms with E-state index in [0.717, 1.165) is 33.5 Å². The molecule has 0 saturated heterocycles. The zero-order chi connectivity index (χ0) is 25.7. The number of aromatic nitrogens is 4. The Balaban J connectivity index is 1.60. The van der Waals surface area contributed by atoms with Gasteiger partial charge < -0.3 is 15.7 Å². The summed E-state index contributed by atoms with van der Waals surface area (Å²) < 4.78 is 0. The van der Waals surface area contributed by atoms with Gasteiger partial charge in [-0.2, -0.15) is 11.8 Å². The maximum atomic E-state index is 12.4. The maximum absolute atomic E-state index is 12.4. The lowest BCUT2D eigenvalue weighted by Gasteiger charge is -2.20. The molecule has 1 aromatic carbocycles. The quantitative estimate of drug-likeness (QED) is 0.312. The van der Waals surface area contributed by atoms with E-state index in [-0.39, 0.29) is 11.8 Å². The van der Waals surface area contributed by atoms with E-state index < -0.39 is 5.60 Å². The Labute approximate surface area is 215 Å². The first-order chi connectivity index (χ1) is 17.3. The number of amides is 1. The van der Waals surface area contributed by atoms with Crippen molar-refractivity contribution in [2.45, 2.75) is 25.4 Å². The molecule has 4 rings (SSSR count). The van der Waals surface area contributed by atoms with Gasteiger partial charge in [-0.15, -0.1) is 0 Å². The van der Waals surface area contributed by atoms with Crippen LogP contribution in [0.25, 0.3) is 22.2 Å². The summed E-state index contributed by atoms with van der Waals surface area (Å²) in [5.41, 5.74) is 3.77. The minimum atomic E-state index is -0.994. The summed E-state index contributed by atoms with van der Waals surface area (Å²) in [6.07, 6.45) is 8.67. The van der Waals surface area contributed by atoms with Gasteiger partial charge in [0.2, 0.25) is 0 Å². The molecule has 0 aliphatic heterocycles. The minimum absolute atomic E-state index is 0.129. The van der Waals surface area contributed by atoms with Crippen molar-refractivity contribution in [1.82, 2.24) is 25.3 Å². The van der Waals surface area contributed by atoms with Gasteiger partial charge in [-0.25, -0.2) is 9.97 Å². The molecule has 3 N–H and O–H groups in total. The highest BCUT2D eigenvalue weighted by Gasteiger charge is 2.19. The van der Waals surface area contributed by atoms with Crippen LogP contribution in [0.5, 0.6) is 0 Å². The van der Waals surface area contributed by atoms with E-state index in [2.05, 4.69) is 42.9 Å². The fourth-order valence-corrected chi connectivity index (χ4v) is 4.77. The van der Waals surface area contributed by atoms with Crippen molar-refractivity contribution in [2.75, 3.05) is 30.9 Å². The second-order valence-electron chi connectivity index (χ2n) is 9.02. The molecule has 0 radical (unpaired) electrons. The van der Waals surface area contributed by atoms with Crippen molar-refractivity contribution >= 4 is 34.4 Å². The van der Waals surface area contributed by atoms with E-state index in [1.165, 1.54) is 6.33 Å². The van der Waals surface area contributed by atoms with Gasteiger partial charge in [0.15, 0.2) is 0 Å². The predicted octanol–water partition coefficient (Wildman–Crippen LogP) is 4.23. The lowest BCUT2D eigenvalue weighted by molar-refractivity contribution is 0.0782. The first kappa shape index (κ1) is 25.5. The topological polar surface area (TPSA) is 113 Å². The van der Waals surface area contributed by atoms with E-state index in [1.54, 1.807) is 57.3 Å². The Kier molecular flexibility index (Phi) is 7.81. The SMILES string of the molecule is CNC(=O)c1ccnc2c(C(CNc3cc(-c4cncc(C(C)(C)O)c4)ncn3)CSC)cccc12. The highest BCUT2D eigenvalue weighted by atomic mass is 32.2. The smallest absolute Gasteiger partial charge is 0.251 e. The predicted molar refractivity (Wildman–Crippen MR) is 145 cm³/mol. The summed E-state index contributed by atoms with van der Waals surface area (Å²) in [7, 11) is 1.63. The van der Waals surface area contributed by atoms with Gasteiger partial charge in [-0.1, -0.05) is 18.2 Å². The second kappa shape index (κ2) is 11.0. The molecule has 3 heterocycles. The molecule has 8 nitrogen and oxygen atoms in total.